The first-order valence-corrected chi connectivity index (χ1v) is 6.58. The van der Waals surface area contributed by atoms with Crippen molar-refractivity contribution in [3.8, 4) is 0 Å². The van der Waals surface area contributed by atoms with E-state index in [2.05, 4.69) is 0 Å². The molecule has 1 heterocycles. The summed E-state index contributed by atoms with van der Waals surface area (Å²) in [6.07, 6.45) is 2.54. The average molecular weight is 236 g/mol. The van der Waals surface area contributed by atoms with Gasteiger partial charge in [-0.1, -0.05) is 6.42 Å². The number of sulfonamides is 1. The topological polar surface area (TPSA) is 80.5 Å². The van der Waals surface area contributed by atoms with E-state index in [-0.39, 0.29) is 12.1 Å². The van der Waals surface area contributed by atoms with Gasteiger partial charge in [-0.05, 0) is 26.7 Å². The first-order valence-electron chi connectivity index (χ1n) is 4.97. The molecule has 2 atom stereocenters. The number of rotatable bonds is 3. The van der Waals surface area contributed by atoms with Crippen LogP contribution < -0.4 is 0 Å². The van der Waals surface area contributed by atoms with Crippen LogP contribution in [0.25, 0.3) is 0 Å². The lowest BCUT2D eigenvalue weighted by Gasteiger charge is -2.36. The van der Waals surface area contributed by atoms with Gasteiger partial charge in [0.15, 0.2) is 0 Å². The van der Waals surface area contributed by atoms with Crippen molar-refractivity contribution in [3.63, 3.8) is 0 Å². The Morgan fingerprint density at radius 2 is 1.80 bits per heavy atom. The molecule has 88 valence electrons. The Balaban J connectivity index is 2.88. The molecule has 1 saturated heterocycles. The Bertz CT molecular complexity index is 331. The van der Waals surface area contributed by atoms with E-state index in [4.69, 9.17) is 0 Å². The number of nitrogens with zero attached hydrogens (tertiary/aromatic N) is 2. The van der Waals surface area contributed by atoms with Gasteiger partial charge in [-0.3, -0.25) is 10.1 Å². The lowest BCUT2D eigenvalue weighted by atomic mass is 10.0. The van der Waals surface area contributed by atoms with Gasteiger partial charge < -0.3 is 0 Å². The van der Waals surface area contributed by atoms with Crippen molar-refractivity contribution >= 4 is 10.0 Å². The summed E-state index contributed by atoms with van der Waals surface area (Å²) < 4.78 is 24.7. The Kier molecular flexibility index (Phi) is 3.67. The third kappa shape index (κ3) is 2.88. The lowest BCUT2D eigenvalue weighted by Crippen LogP contribution is -2.49. The lowest BCUT2D eigenvalue weighted by molar-refractivity contribution is -0.459. The molecule has 1 aliphatic rings. The van der Waals surface area contributed by atoms with Crippen LogP contribution in [0.1, 0.15) is 33.1 Å². The monoisotopic (exact) mass is 236 g/mol. The van der Waals surface area contributed by atoms with Gasteiger partial charge in [0.05, 0.1) is 0 Å². The predicted octanol–water partition coefficient (Wildman–Crippen LogP) is 0.813. The van der Waals surface area contributed by atoms with Gasteiger partial charge in [0, 0.05) is 17.0 Å². The van der Waals surface area contributed by atoms with Gasteiger partial charge in [0.25, 0.3) is 10.0 Å². The molecule has 0 saturated carbocycles. The van der Waals surface area contributed by atoms with Gasteiger partial charge in [-0.2, -0.15) is 4.31 Å². The average Bonchev–Trinajstić information content (AvgIpc) is 1.99. The van der Waals surface area contributed by atoms with Gasteiger partial charge in [-0.25, -0.2) is 8.42 Å². The number of nitro groups is 1. The molecule has 0 aromatic carbocycles. The molecular weight excluding hydrogens is 220 g/mol. The number of hydrogen-bond acceptors (Lipinski definition) is 4. The third-order valence-corrected chi connectivity index (χ3v) is 4.60. The highest BCUT2D eigenvalue weighted by Crippen LogP contribution is 2.25. The van der Waals surface area contributed by atoms with E-state index < -0.39 is 20.8 Å². The van der Waals surface area contributed by atoms with E-state index in [1.54, 1.807) is 13.8 Å². The van der Waals surface area contributed by atoms with Crippen LogP contribution in [0.5, 0.6) is 0 Å². The molecule has 0 N–H and O–H groups in total. The summed E-state index contributed by atoms with van der Waals surface area (Å²) >= 11 is 0. The van der Waals surface area contributed by atoms with Crippen molar-refractivity contribution in [1.82, 2.24) is 4.31 Å². The van der Waals surface area contributed by atoms with Gasteiger partial charge in [0.2, 0.25) is 0 Å². The molecule has 7 heteroatoms. The summed E-state index contributed by atoms with van der Waals surface area (Å²) in [5, 5.41) is 10.3. The summed E-state index contributed by atoms with van der Waals surface area (Å²) in [6.45, 7) is 3.60. The summed E-state index contributed by atoms with van der Waals surface area (Å²) in [7, 11) is -3.75. The van der Waals surface area contributed by atoms with E-state index >= 15 is 0 Å². The zero-order valence-electron chi connectivity index (χ0n) is 8.92. The molecule has 0 aromatic rings. The molecule has 6 nitrogen and oxygen atoms in total. The fraction of sp³-hybridized carbons (Fsp3) is 1.00. The summed E-state index contributed by atoms with van der Waals surface area (Å²) in [6, 6.07) is -0.252. The van der Waals surface area contributed by atoms with Crippen LogP contribution in [0.4, 0.5) is 0 Å². The van der Waals surface area contributed by atoms with E-state index in [0.717, 1.165) is 19.3 Å². The minimum Gasteiger partial charge on any atom is -0.263 e. The summed E-state index contributed by atoms with van der Waals surface area (Å²) in [4.78, 5) is 9.48. The first kappa shape index (κ1) is 12.4. The maximum absolute atomic E-state index is 11.7. The second-order valence-corrected chi connectivity index (χ2v) is 5.88. The van der Waals surface area contributed by atoms with Crippen LogP contribution in [0.3, 0.4) is 0 Å². The fourth-order valence-electron chi connectivity index (χ4n) is 2.15. The van der Waals surface area contributed by atoms with Crippen LogP contribution >= 0.6 is 0 Å². The van der Waals surface area contributed by atoms with Crippen molar-refractivity contribution in [3.05, 3.63) is 10.1 Å². The second-order valence-electron chi connectivity index (χ2n) is 4.03. The fourth-order valence-corrected chi connectivity index (χ4v) is 3.85. The van der Waals surface area contributed by atoms with Crippen LogP contribution in [0.2, 0.25) is 0 Å². The van der Waals surface area contributed by atoms with Crippen LogP contribution in [-0.2, 0) is 10.0 Å². The third-order valence-electron chi connectivity index (χ3n) is 2.70. The van der Waals surface area contributed by atoms with Crippen LogP contribution in [-0.4, -0.2) is 35.6 Å². The van der Waals surface area contributed by atoms with Gasteiger partial charge in [-0.15, -0.1) is 0 Å². The predicted molar refractivity (Wildman–Crippen MR) is 55.4 cm³/mol. The summed E-state index contributed by atoms with van der Waals surface area (Å²) in [5.41, 5.74) is 0. The summed E-state index contributed by atoms with van der Waals surface area (Å²) in [5.74, 6) is -0.998. The van der Waals surface area contributed by atoms with Gasteiger partial charge in [0.1, 0.15) is 0 Å². The van der Waals surface area contributed by atoms with Crippen molar-refractivity contribution in [1.29, 1.82) is 0 Å². The largest absolute Gasteiger partial charge is 0.315 e. The SMILES string of the molecule is CC1CCCC(C)N1S(=O)(=O)C[N+](=O)[O-]. The molecule has 15 heavy (non-hydrogen) atoms. The quantitative estimate of drug-likeness (QED) is 0.536. The molecule has 0 radical (unpaired) electrons. The minimum atomic E-state index is -3.75. The Labute approximate surface area is 89.5 Å². The smallest absolute Gasteiger partial charge is 0.263 e. The van der Waals surface area contributed by atoms with Gasteiger partial charge >= 0.3 is 5.88 Å². The molecule has 0 amide bonds. The highest BCUT2D eigenvalue weighted by atomic mass is 32.2. The molecular formula is C8H16N2O4S. The number of piperidine rings is 1. The number of hydrogen-bond donors (Lipinski definition) is 0. The van der Waals surface area contributed by atoms with Crippen molar-refractivity contribution in [2.75, 3.05) is 5.88 Å². The molecule has 0 aliphatic carbocycles. The zero-order chi connectivity index (χ0) is 11.6. The van der Waals surface area contributed by atoms with Crippen LogP contribution in [0.15, 0.2) is 0 Å². The molecule has 1 fully saturated rings. The Morgan fingerprint density at radius 1 is 1.33 bits per heavy atom. The zero-order valence-corrected chi connectivity index (χ0v) is 9.74. The molecule has 0 bridgehead atoms. The van der Waals surface area contributed by atoms with E-state index in [1.807, 2.05) is 0 Å². The van der Waals surface area contributed by atoms with Crippen molar-refractivity contribution < 1.29 is 13.3 Å². The first-order chi connectivity index (χ1) is 6.84. The minimum absolute atomic E-state index is 0.126. The Hall–Kier alpha value is -0.690. The maximum atomic E-state index is 11.7. The normalized spacial score (nSPS) is 28.9. The highest BCUT2D eigenvalue weighted by Gasteiger charge is 2.37. The molecule has 2 unspecified atom stereocenters. The van der Waals surface area contributed by atoms with E-state index in [9.17, 15) is 18.5 Å². The standard InChI is InChI=1S/C8H16N2O4S/c1-7-4-3-5-8(2)10(7)15(13,14)6-9(11)12/h7-8H,3-6H2,1-2H3. The van der Waals surface area contributed by atoms with Crippen molar-refractivity contribution in [2.45, 2.75) is 45.2 Å². The Morgan fingerprint density at radius 3 is 2.20 bits per heavy atom. The van der Waals surface area contributed by atoms with E-state index in [1.165, 1.54) is 4.31 Å². The molecule has 1 aliphatic heterocycles. The van der Waals surface area contributed by atoms with Crippen molar-refractivity contribution in [2.24, 2.45) is 0 Å². The van der Waals surface area contributed by atoms with Crippen LogP contribution in [0, 0.1) is 10.1 Å². The highest BCUT2D eigenvalue weighted by molar-refractivity contribution is 7.88. The second kappa shape index (κ2) is 4.44. The molecule has 1 rings (SSSR count). The molecule has 0 spiro atoms. The maximum Gasteiger partial charge on any atom is 0.315 e. The van der Waals surface area contributed by atoms with E-state index in [0.29, 0.717) is 0 Å². The molecule has 0 aromatic heterocycles.